The number of benzene rings is 9. The first-order valence-electron chi connectivity index (χ1n) is 21.3. The molecule has 0 aliphatic rings. The number of hydrogen-bond acceptors (Lipinski definition) is 3. The fraction of sp³-hybridized carbons (Fsp3) is 0. The van der Waals surface area contributed by atoms with E-state index in [4.69, 9.17) is 15.0 Å². The zero-order valence-electron chi connectivity index (χ0n) is 34.0. The zero-order valence-corrected chi connectivity index (χ0v) is 34.0. The van der Waals surface area contributed by atoms with E-state index >= 15 is 0 Å². The Morgan fingerprint density at radius 2 is 0.476 bits per heavy atom. The van der Waals surface area contributed by atoms with Gasteiger partial charge in [-0.3, -0.25) is 9.13 Å². The second kappa shape index (κ2) is 14.0. The minimum atomic E-state index is 0.505. The first-order chi connectivity index (χ1) is 31.3. The lowest BCUT2D eigenvalue weighted by Gasteiger charge is -2.17. The highest BCUT2D eigenvalue weighted by atomic mass is 15.3. The maximum Gasteiger partial charge on any atom is 0.240 e. The van der Waals surface area contributed by atoms with Crippen LogP contribution in [0.3, 0.4) is 0 Å². The molecule has 9 aromatic carbocycles. The number of aromatic nitrogens is 6. The van der Waals surface area contributed by atoms with Crippen LogP contribution in [0.1, 0.15) is 0 Å². The molecule has 0 saturated heterocycles. The van der Waals surface area contributed by atoms with Gasteiger partial charge in [-0.05, 0) is 70.1 Å². The Morgan fingerprint density at radius 3 is 0.841 bits per heavy atom. The Bertz CT molecular complexity index is 3850. The average Bonchev–Trinajstić information content (AvgIpc) is 3.88. The topological polar surface area (TPSA) is 53.5 Å². The fourth-order valence-corrected chi connectivity index (χ4v) is 9.90. The van der Waals surface area contributed by atoms with E-state index in [0.717, 1.165) is 76.7 Å². The molecule has 63 heavy (non-hydrogen) atoms. The van der Waals surface area contributed by atoms with Crippen molar-refractivity contribution in [2.75, 3.05) is 0 Å². The quantitative estimate of drug-likeness (QED) is 0.178. The first kappa shape index (κ1) is 35.2. The van der Waals surface area contributed by atoms with E-state index in [1.807, 2.05) is 0 Å². The van der Waals surface area contributed by atoms with Crippen molar-refractivity contribution in [2.45, 2.75) is 0 Å². The van der Waals surface area contributed by atoms with Gasteiger partial charge in [0.25, 0.3) is 0 Å². The highest BCUT2D eigenvalue weighted by Gasteiger charge is 2.22. The summed E-state index contributed by atoms with van der Waals surface area (Å²) in [6.07, 6.45) is 0. The lowest BCUT2D eigenvalue weighted by molar-refractivity contribution is 0.890. The van der Waals surface area contributed by atoms with Gasteiger partial charge in [-0.2, -0.15) is 15.0 Å². The van der Waals surface area contributed by atoms with E-state index in [9.17, 15) is 0 Å². The summed E-state index contributed by atoms with van der Waals surface area (Å²) >= 11 is 0. The van der Waals surface area contributed by atoms with Crippen molar-refractivity contribution in [3.63, 3.8) is 0 Å². The van der Waals surface area contributed by atoms with Crippen molar-refractivity contribution in [1.29, 1.82) is 0 Å². The van der Waals surface area contributed by atoms with Crippen LogP contribution in [0.15, 0.2) is 218 Å². The molecule has 0 N–H and O–H groups in total. The normalized spacial score (nSPS) is 11.8. The lowest BCUT2D eigenvalue weighted by atomic mass is 10.0. The molecule has 294 valence electrons. The monoisotopic (exact) mass is 804 g/mol. The number of para-hydroxylation sites is 7. The summed E-state index contributed by atoms with van der Waals surface area (Å²) in [4.78, 5) is 16.7. The van der Waals surface area contributed by atoms with Crippen LogP contribution in [-0.2, 0) is 0 Å². The van der Waals surface area contributed by atoms with E-state index in [1.165, 1.54) is 21.5 Å². The van der Waals surface area contributed by atoms with Gasteiger partial charge >= 0.3 is 0 Å². The maximum absolute atomic E-state index is 5.62. The molecule has 0 saturated carbocycles. The van der Waals surface area contributed by atoms with Gasteiger partial charge in [-0.25, -0.2) is 0 Å². The Morgan fingerprint density at radius 1 is 0.222 bits per heavy atom. The second-order valence-electron chi connectivity index (χ2n) is 16.0. The minimum Gasteiger partial charge on any atom is -0.309 e. The summed E-state index contributed by atoms with van der Waals surface area (Å²) < 4.78 is 6.79. The van der Waals surface area contributed by atoms with Crippen LogP contribution >= 0.6 is 0 Å². The third kappa shape index (κ3) is 5.35. The van der Waals surface area contributed by atoms with Crippen molar-refractivity contribution < 1.29 is 0 Å². The van der Waals surface area contributed by atoms with E-state index in [-0.39, 0.29) is 0 Å². The summed E-state index contributed by atoms with van der Waals surface area (Å²) in [5.74, 6) is 1.59. The molecule has 4 heterocycles. The van der Waals surface area contributed by atoms with Gasteiger partial charge in [0.1, 0.15) is 0 Å². The molecule has 0 spiro atoms. The fourth-order valence-electron chi connectivity index (χ4n) is 9.90. The molecule has 0 amide bonds. The van der Waals surface area contributed by atoms with Crippen LogP contribution in [0.4, 0.5) is 0 Å². The Labute approximate surface area is 361 Å². The summed E-state index contributed by atoms with van der Waals surface area (Å²) in [6, 6.07) is 77.4. The predicted octanol–water partition coefficient (Wildman–Crippen LogP) is 14.3. The average molecular weight is 805 g/mol. The molecule has 4 aromatic heterocycles. The number of rotatable bonds is 4. The van der Waals surface area contributed by atoms with Gasteiger partial charge < -0.3 is 4.57 Å². The number of fused-ring (bicyclic) bond motifs is 13. The molecule has 13 rings (SSSR count). The number of hydrogen-bond donors (Lipinski definition) is 0. The van der Waals surface area contributed by atoms with Crippen LogP contribution in [0.25, 0.3) is 116 Å². The van der Waals surface area contributed by atoms with Crippen LogP contribution in [0.5, 0.6) is 0 Å². The van der Waals surface area contributed by atoms with E-state index in [2.05, 4.69) is 232 Å². The van der Waals surface area contributed by atoms with Gasteiger partial charge in [-0.15, -0.1) is 0 Å². The molecule has 0 aliphatic carbocycles. The molecule has 0 radical (unpaired) electrons. The highest BCUT2D eigenvalue weighted by Crippen LogP contribution is 2.38. The van der Waals surface area contributed by atoms with E-state index < -0.39 is 0 Å². The Kier molecular flexibility index (Phi) is 7.80. The predicted molar refractivity (Wildman–Crippen MR) is 261 cm³/mol. The molecule has 6 nitrogen and oxygen atoms in total. The van der Waals surface area contributed by atoms with Crippen LogP contribution < -0.4 is 0 Å². The standard InChI is InChI=1S/C57H36N6/c1-3-21-39-37(19-1)38-20-2-4-22-40(38)42-24-6-15-33-51(42)62(50-32-14-5-23-41(39)50)56-58-55(59-57(60-56)63-52-34-16-9-27-45(52)46-28-10-17-35-53(46)63)47-29-11-18-36-54(47)61-48-30-12-7-25-43(48)44-26-8-13-31-49(44)61/h1-36H. The minimum absolute atomic E-state index is 0.505. The molecule has 0 atom stereocenters. The smallest absolute Gasteiger partial charge is 0.240 e. The third-order valence-electron chi connectivity index (χ3n) is 12.6. The second-order valence-corrected chi connectivity index (χ2v) is 16.0. The largest absolute Gasteiger partial charge is 0.309 e. The van der Waals surface area contributed by atoms with Gasteiger partial charge in [-0.1, -0.05) is 170 Å². The Hall–Kier alpha value is -8.61. The van der Waals surface area contributed by atoms with Crippen molar-refractivity contribution in [2.24, 2.45) is 0 Å². The summed E-state index contributed by atoms with van der Waals surface area (Å²) in [7, 11) is 0. The van der Waals surface area contributed by atoms with Crippen LogP contribution in [0.2, 0.25) is 0 Å². The molecule has 6 heteroatoms. The zero-order chi connectivity index (χ0) is 41.4. The molecular weight excluding hydrogens is 769 g/mol. The SMILES string of the molecule is c1ccc(-n2c3ccccc3c3ccccc32)c(-c2nc(-n3c4ccccc4c4ccccc4c4ccccc4c4ccccc43)nc(-n3c4ccccc4c4ccccc43)n2)c1. The molecule has 13 aromatic rings. The summed E-state index contributed by atoms with van der Waals surface area (Å²) in [6.45, 7) is 0. The molecule has 0 bridgehead atoms. The van der Waals surface area contributed by atoms with Gasteiger partial charge in [0, 0.05) is 37.9 Å². The van der Waals surface area contributed by atoms with Crippen LogP contribution in [-0.4, -0.2) is 28.7 Å². The van der Waals surface area contributed by atoms with Gasteiger partial charge in [0.15, 0.2) is 5.82 Å². The van der Waals surface area contributed by atoms with Crippen molar-refractivity contribution >= 4 is 87.0 Å². The van der Waals surface area contributed by atoms with E-state index in [1.54, 1.807) is 0 Å². The Balaban J connectivity index is 1.23. The summed E-state index contributed by atoms with van der Waals surface area (Å²) in [5.41, 5.74) is 8.06. The van der Waals surface area contributed by atoms with Crippen LogP contribution in [0, 0.1) is 0 Å². The third-order valence-corrected chi connectivity index (χ3v) is 12.6. The van der Waals surface area contributed by atoms with Crippen molar-refractivity contribution in [1.82, 2.24) is 28.7 Å². The molecule has 0 aliphatic heterocycles. The number of nitrogens with zero attached hydrogens (tertiary/aromatic N) is 6. The molecular formula is C57H36N6. The van der Waals surface area contributed by atoms with Crippen molar-refractivity contribution in [3.05, 3.63) is 218 Å². The highest BCUT2D eigenvalue weighted by molar-refractivity contribution is 6.19. The molecule has 0 unspecified atom stereocenters. The summed E-state index contributed by atoms with van der Waals surface area (Å²) in [5, 5.41) is 11.4. The molecule has 0 fully saturated rings. The van der Waals surface area contributed by atoms with E-state index in [0.29, 0.717) is 17.7 Å². The lowest BCUT2D eigenvalue weighted by Crippen LogP contribution is -2.12. The first-order valence-corrected chi connectivity index (χ1v) is 21.3. The van der Waals surface area contributed by atoms with Crippen molar-refractivity contribution in [3.8, 4) is 29.0 Å². The van der Waals surface area contributed by atoms with Gasteiger partial charge in [0.2, 0.25) is 11.9 Å². The van der Waals surface area contributed by atoms with Gasteiger partial charge in [0.05, 0.1) is 38.8 Å². The maximum atomic E-state index is 5.62.